The maximum absolute atomic E-state index is 11.8. The van der Waals surface area contributed by atoms with E-state index in [1.54, 1.807) is 19.1 Å². The molecule has 2 amide bonds. The van der Waals surface area contributed by atoms with Crippen LogP contribution < -0.4 is 5.32 Å². The minimum Gasteiger partial charge on any atom is -0.456 e. The first-order valence-electron chi connectivity index (χ1n) is 6.79. The van der Waals surface area contributed by atoms with Gasteiger partial charge in [0.15, 0.2) is 5.76 Å². The number of furan rings is 1. The van der Waals surface area contributed by atoms with Crippen molar-refractivity contribution in [3.63, 3.8) is 0 Å². The predicted molar refractivity (Wildman–Crippen MR) is 70.8 cm³/mol. The van der Waals surface area contributed by atoms with Crippen LogP contribution in [0.1, 0.15) is 42.0 Å². The molecule has 1 aliphatic heterocycles. The van der Waals surface area contributed by atoms with Crippen LogP contribution in [0.15, 0.2) is 16.5 Å². The fraction of sp³-hybridized carbons (Fsp3) is 0.571. The van der Waals surface area contributed by atoms with Gasteiger partial charge in [-0.25, -0.2) is 0 Å². The van der Waals surface area contributed by atoms with Gasteiger partial charge in [0, 0.05) is 26.1 Å². The Morgan fingerprint density at radius 3 is 2.95 bits per heavy atom. The fourth-order valence-corrected chi connectivity index (χ4v) is 2.22. The van der Waals surface area contributed by atoms with E-state index in [0.717, 1.165) is 25.8 Å². The highest BCUT2D eigenvalue weighted by Crippen LogP contribution is 2.10. The maximum atomic E-state index is 11.8. The third kappa shape index (κ3) is 3.84. The Balaban J connectivity index is 1.76. The Labute approximate surface area is 113 Å². The zero-order valence-electron chi connectivity index (χ0n) is 11.3. The molecule has 1 fully saturated rings. The molecule has 0 aliphatic carbocycles. The number of hydrogen-bond acceptors (Lipinski definition) is 3. The molecule has 104 valence electrons. The van der Waals surface area contributed by atoms with Crippen LogP contribution >= 0.6 is 0 Å². The summed E-state index contributed by atoms with van der Waals surface area (Å²) in [5.41, 5.74) is 0. The van der Waals surface area contributed by atoms with Crippen molar-refractivity contribution in [1.82, 2.24) is 10.2 Å². The van der Waals surface area contributed by atoms with Gasteiger partial charge in [0.25, 0.3) is 5.91 Å². The van der Waals surface area contributed by atoms with Crippen molar-refractivity contribution >= 4 is 11.8 Å². The van der Waals surface area contributed by atoms with E-state index in [0.29, 0.717) is 31.0 Å². The molecule has 1 aromatic heterocycles. The molecule has 0 radical (unpaired) electrons. The average Bonchev–Trinajstić information content (AvgIpc) is 2.72. The summed E-state index contributed by atoms with van der Waals surface area (Å²) in [6.45, 7) is 3.63. The average molecular weight is 264 g/mol. The van der Waals surface area contributed by atoms with Gasteiger partial charge in [-0.1, -0.05) is 6.42 Å². The molecule has 19 heavy (non-hydrogen) atoms. The summed E-state index contributed by atoms with van der Waals surface area (Å²) in [7, 11) is 0. The second-order valence-corrected chi connectivity index (χ2v) is 4.86. The smallest absolute Gasteiger partial charge is 0.287 e. The predicted octanol–water partition coefficient (Wildman–Crippen LogP) is 1.72. The van der Waals surface area contributed by atoms with Gasteiger partial charge in [-0.05, 0) is 31.9 Å². The van der Waals surface area contributed by atoms with Crippen LogP contribution in [-0.2, 0) is 4.79 Å². The molecule has 0 spiro atoms. The van der Waals surface area contributed by atoms with Crippen molar-refractivity contribution < 1.29 is 14.0 Å². The van der Waals surface area contributed by atoms with Gasteiger partial charge in [0.1, 0.15) is 5.76 Å². The maximum Gasteiger partial charge on any atom is 0.287 e. The summed E-state index contributed by atoms with van der Waals surface area (Å²) in [6, 6.07) is 3.41. The quantitative estimate of drug-likeness (QED) is 0.900. The molecule has 5 nitrogen and oxygen atoms in total. The van der Waals surface area contributed by atoms with Gasteiger partial charge < -0.3 is 14.6 Å². The zero-order chi connectivity index (χ0) is 13.7. The lowest BCUT2D eigenvalue weighted by Crippen LogP contribution is -2.38. The Hall–Kier alpha value is -1.78. The third-order valence-corrected chi connectivity index (χ3v) is 3.30. The second kappa shape index (κ2) is 6.41. The van der Waals surface area contributed by atoms with Crippen LogP contribution in [0.4, 0.5) is 0 Å². The topological polar surface area (TPSA) is 62.6 Å². The summed E-state index contributed by atoms with van der Waals surface area (Å²) in [6.07, 6.45) is 3.77. The summed E-state index contributed by atoms with van der Waals surface area (Å²) in [4.78, 5) is 25.3. The van der Waals surface area contributed by atoms with Crippen molar-refractivity contribution in [3.05, 3.63) is 23.7 Å². The highest BCUT2D eigenvalue weighted by Gasteiger charge is 2.16. The normalized spacial score (nSPS) is 16.3. The summed E-state index contributed by atoms with van der Waals surface area (Å²) in [5, 5.41) is 2.77. The van der Waals surface area contributed by atoms with Crippen LogP contribution in [0.25, 0.3) is 0 Å². The SMILES string of the molecule is Cc1ccc(C(=O)NCCN2CCCCCC2=O)o1. The number of carbonyl (C=O) groups is 2. The van der Waals surface area contributed by atoms with E-state index in [-0.39, 0.29) is 11.8 Å². The molecular formula is C14H20N2O3. The minimum atomic E-state index is -0.227. The van der Waals surface area contributed by atoms with Gasteiger partial charge >= 0.3 is 0 Å². The summed E-state index contributed by atoms with van der Waals surface area (Å²) in [5.74, 6) is 1.00. The van der Waals surface area contributed by atoms with E-state index >= 15 is 0 Å². The van der Waals surface area contributed by atoms with E-state index in [9.17, 15) is 9.59 Å². The molecule has 5 heteroatoms. The van der Waals surface area contributed by atoms with Crippen LogP contribution in [0.3, 0.4) is 0 Å². The second-order valence-electron chi connectivity index (χ2n) is 4.86. The lowest BCUT2D eigenvalue weighted by atomic mass is 10.2. The Bertz CT molecular complexity index is 453. The van der Waals surface area contributed by atoms with Gasteiger partial charge in [-0.15, -0.1) is 0 Å². The first kappa shape index (κ1) is 13.6. The Kier molecular flexibility index (Phi) is 4.60. The number of likely N-dealkylation sites (tertiary alicyclic amines) is 1. The van der Waals surface area contributed by atoms with Crippen LogP contribution in [0.2, 0.25) is 0 Å². The van der Waals surface area contributed by atoms with Crippen molar-refractivity contribution in [1.29, 1.82) is 0 Å². The van der Waals surface area contributed by atoms with Crippen molar-refractivity contribution in [2.75, 3.05) is 19.6 Å². The monoisotopic (exact) mass is 264 g/mol. The zero-order valence-corrected chi connectivity index (χ0v) is 11.3. The molecule has 1 N–H and O–H groups in total. The Morgan fingerprint density at radius 2 is 2.21 bits per heavy atom. The van der Waals surface area contributed by atoms with Gasteiger partial charge in [0.2, 0.25) is 5.91 Å². The van der Waals surface area contributed by atoms with Crippen molar-refractivity contribution in [2.24, 2.45) is 0 Å². The molecule has 0 saturated carbocycles. The number of amides is 2. The van der Waals surface area contributed by atoms with Crippen LogP contribution in [0, 0.1) is 6.92 Å². The standard InChI is InChI=1S/C14H20N2O3/c1-11-6-7-12(19-11)14(18)15-8-10-16-9-4-2-3-5-13(16)17/h6-7H,2-5,8-10H2,1H3,(H,15,18). The van der Waals surface area contributed by atoms with Crippen molar-refractivity contribution in [3.8, 4) is 0 Å². The number of nitrogens with zero attached hydrogens (tertiary/aromatic N) is 1. The largest absolute Gasteiger partial charge is 0.456 e. The highest BCUT2D eigenvalue weighted by molar-refractivity contribution is 5.91. The van der Waals surface area contributed by atoms with Crippen molar-refractivity contribution in [2.45, 2.75) is 32.6 Å². The first-order valence-corrected chi connectivity index (χ1v) is 6.79. The molecule has 1 aliphatic rings. The van der Waals surface area contributed by atoms with E-state index in [2.05, 4.69) is 5.32 Å². The molecule has 0 unspecified atom stereocenters. The highest BCUT2D eigenvalue weighted by atomic mass is 16.3. The third-order valence-electron chi connectivity index (χ3n) is 3.30. The summed E-state index contributed by atoms with van der Waals surface area (Å²) < 4.78 is 5.24. The molecular weight excluding hydrogens is 244 g/mol. The molecule has 1 aromatic rings. The van der Waals surface area contributed by atoms with Gasteiger partial charge in [0.05, 0.1) is 0 Å². The number of rotatable bonds is 4. The molecule has 2 rings (SSSR count). The lowest BCUT2D eigenvalue weighted by Gasteiger charge is -2.20. The number of aryl methyl sites for hydroxylation is 1. The minimum absolute atomic E-state index is 0.195. The fourth-order valence-electron chi connectivity index (χ4n) is 2.22. The van der Waals surface area contributed by atoms with Gasteiger partial charge in [-0.2, -0.15) is 0 Å². The van der Waals surface area contributed by atoms with Crippen LogP contribution in [0.5, 0.6) is 0 Å². The van der Waals surface area contributed by atoms with Gasteiger partial charge in [-0.3, -0.25) is 9.59 Å². The van der Waals surface area contributed by atoms with E-state index in [4.69, 9.17) is 4.42 Å². The molecule has 0 aromatic carbocycles. The summed E-state index contributed by atoms with van der Waals surface area (Å²) >= 11 is 0. The molecule has 1 saturated heterocycles. The van der Waals surface area contributed by atoms with E-state index in [1.165, 1.54) is 0 Å². The Morgan fingerprint density at radius 1 is 1.37 bits per heavy atom. The lowest BCUT2D eigenvalue weighted by molar-refractivity contribution is -0.130. The number of hydrogen-bond donors (Lipinski definition) is 1. The van der Waals surface area contributed by atoms with E-state index < -0.39 is 0 Å². The molecule has 0 bridgehead atoms. The number of nitrogens with one attached hydrogen (secondary N) is 1. The van der Waals surface area contributed by atoms with Crippen LogP contribution in [-0.4, -0.2) is 36.3 Å². The van der Waals surface area contributed by atoms with E-state index in [1.807, 2.05) is 4.90 Å². The first-order chi connectivity index (χ1) is 9.16. The molecule has 0 atom stereocenters. The molecule has 2 heterocycles. The number of carbonyl (C=O) groups excluding carboxylic acids is 2.